The lowest BCUT2D eigenvalue weighted by Crippen LogP contribution is -2.45. The van der Waals surface area contributed by atoms with Crippen LogP contribution in [0.1, 0.15) is 37.7 Å². The monoisotopic (exact) mass is 385 g/mol. The van der Waals surface area contributed by atoms with Crippen LogP contribution in [-0.2, 0) is 10.9 Å². The molecule has 0 bridgehead atoms. The zero-order valence-electron chi connectivity index (χ0n) is 14.7. The van der Waals surface area contributed by atoms with Crippen molar-refractivity contribution in [1.82, 2.24) is 10.6 Å². The molecule has 1 unspecified atom stereocenters. The highest BCUT2D eigenvalue weighted by Crippen LogP contribution is 2.32. The number of carbonyl (C=O) groups excluding carboxylic acids is 2. The second kappa shape index (κ2) is 8.06. The number of anilines is 1. The molecule has 6 nitrogen and oxygen atoms in total. The molecule has 1 aromatic carbocycles. The Bertz CT molecular complexity index is 690. The highest BCUT2D eigenvalue weighted by atomic mass is 19.4. The second-order valence-corrected chi connectivity index (χ2v) is 6.85. The molecule has 1 aromatic rings. The summed E-state index contributed by atoms with van der Waals surface area (Å²) in [5.74, 6) is 0. The van der Waals surface area contributed by atoms with E-state index in [1.807, 2.05) is 0 Å². The number of rotatable bonds is 4. The number of hydrogen-bond acceptors (Lipinski definition) is 3. The number of nitrogens with one attached hydrogen (secondary N) is 2. The minimum Gasteiger partial charge on any atom is -0.442 e. The fourth-order valence-corrected chi connectivity index (χ4v) is 3.38. The normalized spacial score (nSPS) is 21.1. The quantitative estimate of drug-likeness (QED) is 0.831. The SMILES string of the molecule is O=C(NCC1CN(c2cccc(C(F)(F)F)c2)C(=O)O1)NC1CCCCC1. The summed E-state index contributed by atoms with van der Waals surface area (Å²) in [7, 11) is 0. The number of alkyl halides is 3. The van der Waals surface area contributed by atoms with E-state index in [4.69, 9.17) is 4.74 Å². The molecular formula is C18H22F3N3O3. The zero-order chi connectivity index (χ0) is 19.4. The van der Waals surface area contributed by atoms with Crippen LogP contribution in [0.2, 0.25) is 0 Å². The van der Waals surface area contributed by atoms with Gasteiger partial charge >= 0.3 is 18.3 Å². The standard InChI is InChI=1S/C18H22F3N3O3/c19-18(20,21)12-5-4-8-14(9-12)24-11-15(27-17(24)26)10-22-16(25)23-13-6-2-1-3-7-13/h4-5,8-9,13,15H,1-3,6-7,10-11H2,(H2,22,23,25). The minimum atomic E-state index is -4.49. The van der Waals surface area contributed by atoms with Crippen molar-refractivity contribution in [3.63, 3.8) is 0 Å². The molecule has 27 heavy (non-hydrogen) atoms. The van der Waals surface area contributed by atoms with E-state index in [-0.39, 0.29) is 30.8 Å². The average Bonchev–Trinajstić information content (AvgIpc) is 3.01. The maximum Gasteiger partial charge on any atom is 0.416 e. The molecule has 1 heterocycles. The van der Waals surface area contributed by atoms with Gasteiger partial charge < -0.3 is 15.4 Å². The summed E-state index contributed by atoms with van der Waals surface area (Å²) < 4.78 is 43.7. The number of ether oxygens (including phenoxy) is 1. The first-order valence-electron chi connectivity index (χ1n) is 9.03. The number of amides is 3. The number of nitrogens with zero attached hydrogens (tertiary/aromatic N) is 1. The smallest absolute Gasteiger partial charge is 0.416 e. The van der Waals surface area contributed by atoms with Gasteiger partial charge in [-0.25, -0.2) is 9.59 Å². The van der Waals surface area contributed by atoms with Crippen LogP contribution < -0.4 is 15.5 Å². The Morgan fingerprint density at radius 2 is 1.96 bits per heavy atom. The summed E-state index contributed by atoms with van der Waals surface area (Å²) in [6.45, 7) is 0.170. The molecule has 9 heteroatoms. The van der Waals surface area contributed by atoms with Gasteiger partial charge in [0.1, 0.15) is 6.10 Å². The van der Waals surface area contributed by atoms with Crippen LogP contribution in [0.15, 0.2) is 24.3 Å². The summed E-state index contributed by atoms with van der Waals surface area (Å²) >= 11 is 0. The maximum absolute atomic E-state index is 12.8. The van der Waals surface area contributed by atoms with Crippen molar-refractivity contribution < 1.29 is 27.5 Å². The lowest BCUT2D eigenvalue weighted by Gasteiger charge is -2.23. The molecule has 2 fully saturated rings. The van der Waals surface area contributed by atoms with E-state index in [1.165, 1.54) is 18.6 Å². The molecule has 1 aliphatic heterocycles. The van der Waals surface area contributed by atoms with Crippen LogP contribution in [0.5, 0.6) is 0 Å². The zero-order valence-corrected chi connectivity index (χ0v) is 14.7. The van der Waals surface area contributed by atoms with Crippen LogP contribution in [0.3, 0.4) is 0 Å². The summed E-state index contributed by atoms with van der Waals surface area (Å²) in [4.78, 5) is 25.1. The van der Waals surface area contributed by atoms with Gasteiger partial charge in [0.2, 0.25) is 0 Å². The fraction of sp³-hybridized carbons (Fsp3) is 0.556. The average molecular weight is 385 g/mol. The lowest BCUT2D eigenvalue weighted by molar-refractivity contribution is -0.137. The van der Waals surface area contributed by atoms with E-state index in [9.17, 15) is 22.8 Å². The Hall–Kier alpha value is -2.45. The predicted octanol–water partition coefficient (Wildman–Crippen LogP) is 3.66. The molecule has 2 aliphatic rings. The van der Waals surface area contributed by atoms with Gasteiger partial charge in [0.15, 0.2) is 0 Å². The minimum absolute atomic E-state index is 0.0733. The van der Waals surface area contributed by atoms with Gasteiger partial charge in [0.25, 0.3) is 0 Å². The van der Waals surface area contributed by atoms with Crippen molar-refractivity contribution in [3.05, 3.63) is 29.8 Å². The van der Waals surface area contributed by atoms with Crippen LogP contribution in [0.4, 0.5) is 28.4 Å². The molecule has 2 N–H and O–H groups in total. The molecule has 1 atom stereocenters. The molecule has 1 saturated carbocycles. The highest BCUT2D eigenvalue weighted by molar-refractivity contribution is 5.90. The van der Waals surface area contributed by atoms with Gasteiger partial charge in [-0.15, -0.1) is 0 Å². The number of cyclic esters (lactones) is 1. The molecule has 148 valence electrons. The third kappa shape index (κ3) is 5.05. The predicted molar refractivity (Wildman–Crippen MR) is 92.5 cm³/mol. The maximum atomic E-state index is 12.8. The third-order valence-electron chi connectivity index (χ3n) is 4.79. The van der Waals surface area contributed by atoms with Gasteiger partial charge in [-0.2, -0.15) is 13.2 Å². The summed E-state index contributed by atoms with van der Waals surface area (Å²) in [6.07, 6.45) is -0.558. The number of urea groups is 1. The molecule has 1 aliphatic carbocycles. The Morgan fingerprint density at radius 3 is 2.67 bits per heavy atom. The Labute approximate surface area is 155 Å². The number of hydrogen-bond donors (Lipinski definition) is 2. The van der Waals surface area contributed by atoms with Crippen molar-refractivity contribution in [2.45, 2.75) is 50.4 Å². The Balaban J connectivity index is 1.52. The first-order chi connectivity index (χ1) is 12.8. The van der Waals surface area contributed by atoms with Gasteiger partial charge in [-0.1, -0.05) is 25.3 Å². The fourth-order valence-electron chi connectivity index (χ4n) is 3.38. The van der Waals surface area contributed by atoms with E-state index in [1.54, 1.807) is 0 Å². The van der Waals surface area contributed by atoms with Gasteiger partial charge in [-0.05, 0) is 31.0 Å². The van der Waals surface area contributed by atoms with Crippen LogP contribution in [-0.4, -0.2) is 37.4 Å². The van der Waals surface area contributed by atoms with Gasteiger partial charge in [0, 0.05) is 11.7 Å². The van der Waals surface area contributed by atoms with Crippen molar-refractivity contribution in [1.29, 1.82) is 0 Å². The van der Waals surface area contributed by atoms with Crippen molar-refractivity contribution in [2.24, 2.45) is 0 Å². The first kappa shape index (κ1) is 19.3. The molecule has 0 radical (unpaired) electrons. The largest absolute Gasteiger partial charge is 0.442 e. The highest BCUT2D eigenvalue weighted by Gasteiger charge is 2.35. The van der Waals surface area contributed by atoms with E-state index in [0.29, 0.717) is 0 Å². The molecular weight excluding hydrogens is 363 g/mol. The van der Waals surface area contributed by atoms with Crippen LogP contribution in [0, 0.1) is 0 Å². The van der Waals surface area contributed by atoms with Crippen molar-refractivity contribution in [2.75, 3.05) is 18.0 Å². The molecule has 0 spiro atoms. The number of halogens is 3. The van der Waals surface area contributed by atoms with E-state index in [0.717, 1.165) is 42.7 Å². The summed E-state index contributed by atoms with van der Waals surface area (Å²) in [5, 5.41) is 5.56. The van der Waals surface area contributed by atoms with E-state index >= 15 is 0 Å². The first-order valence-corrected chi connectivity index (χ1v) is 9.03. The van der Waals surface area contributed by atoms with Crippen LogP contribution >= 0.6 is 0 Å². The van der Waals surface area contributed by atoms with Gasteiger partial charge in [-0.3, -0.25) is 4.90 Å². The molecule has 1 saturated heterocycles. The molecule has 3 rings (SSSR count). The number of benzene rings is 1. The third-order valence-corrected chi connectivity index (χ3v) is 4.79. The van der Waals surface area contributed by atoms with Crippen molar-refractivity contribution >= 4 is 17.8 Å². The second-order valence-electron chi connectivity index (χ2n) is 6.85. The molecule has 0 aromatic heterocycles. The van der Waals surface area contributed by atoms with E-state index in [2.05, 4.69) is 10.6 Å². The Kier molecular flexibility index (Phi) is 5.76. The van der Waals surface area contributed by atoms with E-state index < -0.39 is 23.9 Å². The lowest BCUT2D eigenvalue weighted by atomic mass is 9.96. The summed E-state index contributed by atoms with van der Waals surface area (Å²) in [6, 6.07) is 4.35. The van der Waals surface area contributed by atoms with Gasteiger partial charge in [0.05, 0.1) is 18.7 Å². The number of carbonyl (C=O) groups is 2. The van der Waals surface area contributed by atoms with Crippen LogP contribution in [0.25, 0.3) is 0 Å². The van der Waals surface area contributed by atoms with Crippen molar-refractivity contribution in [3.8, 4) is 0 Å². The Morgan fingerprint density at radius 1 is 1.22 bits per heavy atom. The topological polar surface area (TPSA) is 70.7 Å². The molecule has 3 amide bonds. The summed E-state index contributed by atoms with van der Waals surface area (Å²) in [5.41, 5.74) is -0.717.